The van der Waals surface area contributed by atoms with Gasteiger partial charge in [-0.25, -0.2) is 4.79 Å². The first-order valence-electron chi connectivity index (χ1n) is 9.73. The molecule has 2 amide bonds. The summed E-state index contributed by atoms with van der Waals surface area (Å²) in [6.45, 7) is 2.43. The fraction of sp³-hybridized carbons (Fsp3) is 0.381. The molecule has 160 valence electrons. The molecule has 0 aromatic heterocycles. The third kappa shape index (κ3) is 4.55. The minimum absolute atomic E-state index is 0.221. The molecule has 4 rings (SSSR count). The second kappa shape index (κ2) is 8.33. The van der Waals surface area contributed by atoms with Crippen molar-refractivity contribution in [3.63, 3.8) is 0 Å². The van der Waals surface area contributed by atoms with Gasteiger partial charge in [0.05, 0.1) is 12.1 Å². The van der Waals surface area contributed by atoms with E-state index in [2.05, 4.69) is 5.32 Å². The molecule has 0 spiro atoms. The lowest BCUT2D eigenvalue weighted by Gasteiger charge is -2.36. The summed E-state index contributed by atoms with van der Waals surface area (Å²) in [7, 11) is 0. The zero-order valence-corrected chi connectivity index (χ0v) is 16.2. The molecule has 9 heteroatoms. The molecule has 0 unspecified atom stereocenters. The maximum Gasteiger partial charge on any atom is 0.416 e. The molecule has 1 atom stereocenters. The average Bonchev–Trinajstić information content (AvgIpc) is 2.77. The molecule has 1 fully saturated rings. The Kier molecular flexibility index (Phi) is 5.61. The lowest BCUT2D eigenvalue weighted by atomic mass is 10.1. The van der Waals surface area contributed by atoms with Crippen molar-refractivity contribution in [2.45, 2.75) is 12.3 Å². The Balaban J connectivity index is 1.26. The quantitative estimate of drug-likeness (QED) is 0.826. The second-order valence-corrected chi connectivity index (χ2v) is 7.21. The first kappa shape index (κ1) is 20.2. The SMILES string of the molecule is O=C(NC[C@@H]1COc2ccccc2O1)N1CCN(c2cccc(C(F)(F)F)c2)CC1. The van der Waals surface area contributed by atoms with Crippen LogP contribution in [0.4, 0.5) is 23.7 Å². The lowest BCUT2D eigenvalue weighted by molar-refractivity contribution is -0.137. The Hall–Kier alpha value is -3.10. The van der Waals surface area contributed by atoms with E-state index >= 15 is 0 Å². The number of benzene rings is 2. The number of carbonyl (C=O) groups excluding carboxylic acids is 1. The highest BCUT2D eigenvalue weighted by atomic mass is 19.4. The number of carbonyl (C=O) groups is 1. The molecule has 2 heterocycles. The minimum Gasteiger partial charge on any atom is -0.486 e. The van der Waals surface area contributed by atoms with Gasteiger partial charge < -0.3 is 24.6 Å². The van der Waals surface area contributed by atoms with Crippen molar-refractivity contribution in [1.29, 1.82) is 0 Å². The highest BCUT2D eigenvalue weighted by Crippen LogP contribution is 2.32. The van der Waals surface area contributed by atoms with Gasteiger partial charge in [0, 0.05) is 31.9 Å². The number of fused-ring (bicyclic) bond motifs is 1. The summed E-state index contributed by atoms with van der Waals surface area (Å²) in [6, 6.07) is 12.4. The van der Waals surface area contributed by atoms with Crippen LogP contribution in [0.3, 0.4) is 0 Å². The number of hydrogen-bond donors (Lipinski definition) is 1. The number of urea groups is 1. The smallest absolute Gasteiger partial charge is 0.416 e. The van der Waals surface area contributed by atoms with Crippen molar-refractivity contribution < 1.29 is 27.4 Å². The molecule has 0 bridgehead atoms. The van der Waals surface area contributed by atoms with Crippen molar-refractivity contribution in [2.24, 2.45) is 0 Å². The number of nitrogens with zero attached hydrogens (tertiary/aromatic N) is 2. The Morgan fingerprint density at radius 1 is 1.03 bits per heavy atom. The second-order valence-electron chi connectivity index (χ2n) is 7.21. The molecule has 1 N–H and O–H groups in total. The average molecular weight is 421 g/mol. The first-order chi connectivity index (χ1) is 14.4. The first-order valence-corrected chi connectivity index (χ1v) is 9.73. The molecule has 0 aliphatic carbocycles. The molecule has 2 aromatic carbocycles. The predicted molar refractivity (Wildman–Crippen MR) is 105 cm³/mol. The third-order valence-corrected chi connectivity index (χ3v) is 5.15. The van der Waals surface area contributed by atoms with Gasteiger partial charge in [-0.1, -0.05) is 18.2 Å². The number of para-hydroxylation sites is 2. The Labute approximate surface area is 172 Å². The molecular formula is C21H22F3N3O3. The number of halogens is 3. The van der Waals surface area contributed by atoms with E-state index < -0.39 is 11.7 Å². The number of nitrogens with one attached hydrogen (secondary N) is 1. The van der Waals surface area contributed by atoms with Gasteiger partial charge in [-0.15, -0.1) is 0 Å². The van der Waals surface area contributed by atoms with Crippen LogP contribution in [0.1, 0.15) is 5.56 Å². The number of amides is 2. The van der Waals surface area contributed by atoms with Crippen LogP contribution in [0, 0.1) is 0 Å². The van der Waals surface area contributed by atoms with Crippen molar-refractivity contribution in [2.75, 3.05) is 44.2 Å². The molecule has 0 radical (unpaired) electrons. The largest absolute Gasteiger partial charge is 0.486 e. The van der Waals surface area contributed by atoms with Gasteiger partial charge in [-0.2, -0.15) is 13.2 Å². The van der Waals surface area contributed by atoms with E-state index in [0.29, 0.717) is 56.5 Å². The summed E-state index contributed by atoms with van der Waals surface area (Å²) in [5.74, 6) is 1.34. The molecule has 2 aliphatic heterocycles. The number of piperazine rings is 1. The van der Waals surface area contributed by atoms with E-state index in [-0.39, 0.29) is 12.1 Å². The normalized spacial score (nSPS) is 18.8. The minimum atomic E-state index is -4.37. The summed E-state index contributed by atoms with van der Waals surface area (Å²) in [5.41, 5.74) is -0.159. The summed E-state index contributed by atoms with van der Waals surface area (Å²) in [5, 5.41) is 2.85. The van der Waals surface area contributed by atoms with Crippen LogP contribution in [0.5, 0.6) is 11.5 Å². The van der Waals surface area contributed by atoms with Crippen molar-refractivity contribution in [1.82, 2.24) is 10.2 Å². The van der Waals surface area contributed by atoms with Crippen LogP contribution in [-0.4, -0.2) is 56.4 Å². The zero-order valence-electron chi connectivity index (χ0n) is 16.2. The van der Waals surface area contributed by atoms with Crippen LogP contribution in [-0.2, 0) is 6.18 Å². The van der Waals surface area contributed by atoms with Gasteiger partial charge in [0.25, 0.3) is 0 Å². The maximum atomic E-state index is 12.9. The fourth-order valence-electron chi connectivity index (χ4n) is 3.52. The topological polar surface area (TPSA) is 54.0 Å². The molecule has 1 saturated heterocycles. The molecule has 2 aromatic rings. The van der Waals surface area contributed by atoms with E-state index in [1.807, 2.05) is 29.2 Å². The van der Waals surface area contributed by atoms with Crippen LogP contribution in [0.2, 0.25) is 0 Å². The van der Waals surface area contributed by atoms with Gasteiger partial charge in [-0.3, -0.25) is 0 Å². The summed E-state index contributed by atoms with van der Waals surface area (Å²) in [6.07, 6.45) is -4.65. The van der Waals surface area contributed by atoms with E-state index in [1.165, 1.54) is 6.07 Å². The summed E-state index contributed by atoms with van der Waals surface area (Å²) < 4.78 is 50.2. The Morgan fingerprint density at radius 2 is 1.77 bits per heavy atom. The van der Waals surface area contributed by atoms with E-state index in [9.17, 15) is 18.0 Å². The predicted octanol–water partition coefficient (Wildman–Crippen LogP) is 3.38. The molecule has 0 saturated carbocycles. The van der Waals surface area contributed by atoms with E-state index in [0.717, 1.165) is 12.1 Å². The fourth-order valence-corrected chi connectivity index (χ4v) is 3.52. The molecule has 6 nitrogen and oxygen atoms in total. The van der Waals surface area contributed by atoms with E-state index in [4.69, 9.17) is 9.47 Å². The van der Waals surface area contributed by atoms with Crippen molar-refractivity contribution in [3.05, 3.63) is 54.1 Å². The number of hydrogen-bond acceptors (Lipinski definition) is 4. The van der Waals surface area contributed by atoms with Gasteiger partial charge in [0.2, 0.25) is 0 Å². The monoisotopic (exact) mass is 421 g/mol. The Morgan fingerprint density at radius 3 is 2.50 bits per heavy atom. The van der Waals surface area contributed by atoms with Gasteiger partial charge in [-0.05, 0) is 30.3 Å². The van der Waals surface area contributed by atoms with E-state index in [1.54, 1.807) is 11.0 Å². The van der Waals surface area contributed by atoms with Gasteiger partial charge in [0.1, 0.15) is 6.61 Å². The molecule has 2 aliphatic rings. The zero-order chi connectivity index (χ0) is 21.1. The summed E-state index contributed by atoms with van der Waals surface area (Å²) in [4.78, 5) is 16.0. The highest BCUT2D eigenvalue weighted by Gasteiger charge is 2.31. The van der Waals surface area contributed by atoms with Crippen molar-refractivity contribution in [3.8, 4) is 11.5 Å². The number of rotatable bonds is 3. The van der Waals surface area contributed by atoms with Crippen LogP contribution >= 0.6 is 0 Å². The van der Waals surface area contributed by atoms with Gasteiger partial charge >= 0.3 is 12.2 Å². The van der Waals surface area contributed by atoms with Crippen molar-refractivity contribution >= 4 is 11.7 Å². The molecular weight excluding hydrogens is 399 g/mol. The van der Waals surface area contributed by atoms with Crippen LogP contribution in [0.15, 0.2) is 48.5 Å². The Bertz CT molecular complexity index is 898. The number of alkyl halides is 3. The maximum absolute atomic E-state index is 12.9. The molecule has 30 heavy (non-hydrogen) atoms. The van der Waals surface area contributed by atoms with Gasteiger partial charge in [0.15, 0.2) is 17.6 Å². The van der Waals surface area contributed by atoms with Crippen LogP contribution < -0.4 is 19.7 Å². The number of anilines is 1. The summed E-state index contributed by atoms with van der Waals surface area (Å²) >= 11 is 0. The highest BCUT2D eigenvalue weighted by molar-refractivity contribution is 5.74. The van der Waals surface area contributed by atoms with Crippen LogP contribution in [0.25, 0.3) is 0 Å². The lowest BCUT2D eigenvalue weighted by Crippen LogP contribution is -2.53. The third-order valence-electron chi connectivity index (χ3n) is 5.15. The standard InChI is InChI=1S/C21H22F3N3O3/c22-21(23,24)15-4-3-5-16(12-15)26-8-10-27(11-9-26)20(28)25-13-17-14-29-18-6-1-2-7-19(18)30-17/h1-7,12,17H,8-11,13-14H2,(H,25,28)/t17-/m1/s1. The number of ether oxygens (including phenoxy) is 2.